The molecule has 2 aliphatic rings. The highest BCUT2D eigenvalue weighted by atomic mass is 35.5. The average molecular weight is 435 g/mol. The number of ether oxygens (including phenoxy) is 1. The van der Waals surface area contributed by atoms with Gasteiger partial charge in [0.25, 0.3) is 0 Å². The summed E-state index contributed by atoms with van der Waals surface area (Å²) in [5, 5.41) is 0.251. The van der Waals surface area contributed by atoms with Crippen LogP contribution in [0.2, 0.25) is 5.02 Å². The molecule has 1 spiro atoms. The molecule has 2 aliphatic heterocycles. The molecule has 1 saturated heterocycles. The first kappa shape index (κ1) is 20.2. The maximum atomic E-state index is 13.2. The van der Waals surface area contributed by atoms with Gasteiger partial charge in [-0.3, -0.25) is 4.79 Å². The molecule has 0 saturated carbocycles. The van der Waals surface area contributed by atoms with Gasteiger partial charge in [-0.25, -0.2) is 8.42 Å². The summed E-state index contributed by atoms with van der Waals surface area (Å²) in [4.78, 5) is 15.2. The molecule has 2 aromatic rings. The number of benzene rings is 2. The van der Waals surface area contributed by atoms with Gasteiger partial charge >= 0.3 is 0 Å². The van der Waals surface area contributed by atoms with E-state index in [1.807, 2.05) is 36.1 Å². The van der Waals surface area contributed by atoms with Crippen molar-refractivity contribution in [1.29, 1.82) is 0 Å². The molecule has 0 bridgehead atoms. The van der Waals surface area contributed by atoms with E-state index >= 15 is 0 Å². The summed E-state index contributed by atoms with van der Waals surface area (Å²) < 4.78 is 32.8. The second kappa shape index (κ2) is 7.31. The molecule has 0 radical (unpaired) electrons. The molecule has 0 atom stereocenters. The van der Waals surface area contributed by atoms with E-state index in [0.717, 1.165) is 11.3 Å². The van der Waals surface area contributed by atoms with Crippen LogP contribution in [-0.4, -0.2) is 45.4 Å². The number of piperidine rings is 1. The molecular formula is C21H23ClN2O4S. The lowest BCUT2D eigenvalue weighted by Gasteiger charge is -2.37. The Morgan fingerprint density at radius 2 is 1.83 bits per heavy atom. The molecule has 0 N–H and O–H groups in total. The fourth-order valence-corrected chi connectivity index (χ4v) is 6.25. The molecule has 2 heterocycles. The molecule has 1 fully saturated rings. The summed E-state index contributed by atoms with van der Waals surface area (Å²) in [6, 6.07) is 12.3. The topological polar surface area (TPSA) is 66.9 Å². The second-order valence-corrected chi connectivity index (χ2v) is 9.69. The standard InChI is InChI=1S/C21H23ClN2O4S/c1-3-24-18-7-5-4-6-16(18)21(20(24)25)10-12-23(13-11-21)29(26,27)15-8-9-19(28-2)17(22)14-15/h4-9,14H,3,10-13H2,1-2H3. The predicted molar refractivity (Wildman–Crippen MR) is 112 cm³/mol. The predicted octanol–water partition coefficient (Wildman–Crippen LogP) is 3.44. The Morgan fingerprint density at radius 3 is 2.45 bits per heavy atom. The van der Waals surface area contributed by atoms with Gasteiger partial charge in [0.15, 0.2) is 0 Å². The monoisotopic (exact) mass is 434 g/mol. The minimum Gasteiger partial charge on any atom is -0.495 e. The Labute approximate surface area is 176 Å². The fourth-order valence-electron chi connectivity index (χ4n) is 4.46. The number of sulfonamides is 1. The molecule has 0 aliphatic carbocycles. The van der Waals surface area contributed by atoms with Crippen molar-refractivity contribution in [3.8, 4) is 5.75 Å². The summed E-state index contributed by atoms with van der Waals surface area (Å²) in [5.41, 5.74) is 1.31. The van der Waals surface area contributed by atoms with Crippen molar-refractivity contribution in [3.63, 3.8) is 0 Å². The Balaban J connectivity index is 1.61. The van der Waals surface area contributed by atoms with Crippen LogP contribution in [0.15, 0.2) is 47.4 Å². The molecule has 8 heteroatoms. The largest absolute Gasteiger partial charge is 0.495 e. The Hall–Kier alpha value is -2.09. The van der Waals surface area contributed by atoms with Crippen LogP contribution in [0.1, 0.15) is 25.3 Å². The van der Waals surface area contributed by atoms with E-state index in [1.54, 1.807) is 6.07 Å². The number of para-hydroxylation sites is 1. The van der Waals surface area contributed by atoms with Gasteiger partial charge < -0.3 is 9.64 Å². The van der Waals surface area contributed by atoms with Crippen LogP contribution in [-0.2, 0) is 20.2 Å². The van der Waals surface area contributed by atoms with Crippen molar-refractivity contribution in [1.82, 2.24) is 4.31 Å². The van der Waals surface area contributed by atoms with Crippen LogP contribution in [0.5, 0.6) is 5.75 Å². The van der Waals surface area contributed by atoms with E-state index in [4.69, 9.17) is 16.3 Å². The Kier molecular flexibility index (Phi) is 5.09. The first-order valence-electron chi connectivity index (χ1n) is 9.60. The van der Waals surface area contributed by atoms with Crippen molar-refractivity contribution in [2.75, 3.05) is 31.6 Å². The number of nitrogens with zero attached hydrogens (tertiary/aromatic N) is 2. The number of fused-ring (bicyclic) bond motifs is 2. The summed E-state index contributed by atoms with van der Waals surface area (Å²) >= 11 is 6.12. The van der Waals surface area contributed by atoms with Crippen LogP contribution < -0.4 is 9.64 Å². The third-order valence-electron chi connectivity index (χ3n) is 6.02. The SMILES string of the molecule is CCN1C(=O)C2(CCN(S(=O)(=O)c3ccc(OC)c(Cl)c3)CC2)c2ccccc21. The summed E-state index contributed by atoms with van der Waals surface area (Å²) in [6.45, 7) is 3.12. The first-order chi connectivity index (χ1) is 13.8. The lowest BCUT2D eigenvalue weighted by atomic mass is 9.74. The van der Waals surface area contributed by atoms with E-state index in [-0.39, 0.29) is 28.9 Å². The summed E-state index contributed by atoms with van der Waals surface area (Å²) in [7, 11) is -2.22. The molecule has 1 amide bonds. The minimum absolute atomic E-state index is 0.0748. The highest BCUT2D eigenvalue weighted by molar-refractivity contribution is 7.89. The van der Waals surface area contributed by atoms with Crippen LogP contribution in [0.25, 0.3) is 0 Å². The van der Waals surface area contributed by atoms with Gasteiger partial charge in [-0.2, -0.15) is 4.31 Å². The van der Waals surface area contributed by atoms with Crippen molar-refractivity contribution in [2.24, 2.45) is 0 Å². The zero-order valence-corrected chi connectivity index (χ0v) is 18.0. The molecular weight excluding hydrogens is 412 g/mol. The maximum absolute atomic E-state index is 13.2. The maximum Gasteiger partial charge on any atom is 0.243 e. The van der Waals surface area contributed by atoms with E-state index in [0.29, 0.717) is 25.1 Å². The van der Waals surface area contributed by atoms with Gasteiger partial charge in [0, 0.05) is 25.3 Å². The van der Waals surface area contributed by atoms with Crippen molar-refractivity contribution >= 4 is 33.2 Å². The van der Waals surface area contributed by atoms with Gasteiger partial charge in [0.2, 0.25) is 15.9 Å². The molecule has 0 unspecified atom stereocenters. The van der Waals surface area contributed by atoms with Crippen molar-refractivity contribution < 1.29 is 17.9 Å². The van der Waals surface area contributed by atoms with Gasteiger partial charge in [0.05, 0.1) is 22.4 Å². The Morgan fingerprint density at radius 1 is 1.14 bits per heavy atom. The Bertz CT molecular complexity index is 1060. The van der Waals surface area contributed by atoms with Gasteiger partial charge in [-0.15, -0.1) is 0 Å². The van der Waals surface area contributed by atoms with Gasteiger partial charge in [-0.1, -0.05) is 29.8 Å². The van der Waals surface area contributed by atoms with E-state index < -0.39 is 15.4 Å². The van der Waals surface area contributed by atoms with E-state index in [2.05, 4.69) is 0 Å². The lowest BCUT2D eigenvalue weighted by Crippen LogP contribution is -2.50. The van der Waals surface area contributed by atoms with Crippen LogP contribution in [0.4, 0.5) is 5.69 Å². The third-order valence-corrected chi connectivity index (χ3v) is 8.21. The van der Waals surface area contributed by atoms with Crippen LogP contribution >= 0.6 is 11.6 Å². The minimum atomic E-state index is -3.70. The normalized spacial score (nSPS) is 18.9. The number of methoxy groups -OCH3 is 1. The molecule has 4 rings (SSSR count). The molecule has 2 aromatic carbocycles. The highest BCUT2D eigenvalue weighted by Crippen LogP contribution is 2.48. The number of hydrogen-bond acceptors (Lipinski definition) is 4. The van der Waals surface area contributed by atoms with Gasteiger partial charge in [0.1, 0.15) is 5.75 Å². The number of rotatable bonds is 4. The lowest BCUT2D eigenvalue weighted by molar-refractivity contribution is -0.124. The number of anilines is 1. The molecule has 0 aromatic heterocycles. The first-order valence-corrected chi connectivity index (χ1v) is 11.4. The zero-order valence-electron chi connectivity index (χ0n) is 16.4. The second-order valence-electron chi connectivity index (χ2n) is 7.35. The molecule has 154 valence electrons. The number of carbonyl (C=O) groups is 1. The molecule has 29 heavy (non-hydrogen) atoms. The molecule has 6 nitrogen and oxygen atoms in total. The summed E-state index contributed by atoms with van der Waals surface area (Å²) in [5.74, 6) is 0.502. The fraction of sp³-hybridized carbons (Fsp3) is 0.381. The van der Waals surface area contributed by atoms with Crippen LogP contribution in [0.3, 0.4) is 0 Å². The van der Waals surface area contributed by atoms with Gasteiger partial charge in [-0.05, 0) is 49.6 Å². The smallest absolute Gasteiger partial charge is 0.243 e. The summed E-state index contributed by atoms with van der Waals surface area (Å²) in [6.07, 6.45) is 0.922. The third kappa shape index (κ3) is 3.03. The number of hydrogen-bond donors (Lipinski definition) is 0. The van der Waals surface area contributed by atoms with Crippen LogP contribution in [0, 0.1) is 0 Å². The number of likely N-dealkylation sites (N-methyl/N-ethyl adjacent to an activating group) is 1. The number of carbonyl (C=O) groups excluding carboxylic acids is 1. The average Bonchev–Trinajstić information content (AvgIpc) is 2.96. The van der Waals surface area contributed by atoms with Crippen molar-refractivity contribution in [3.05, 3.63) is 53.1 Å². The van der Waals surface area contributed by atoms with E-state index in [1.165, 1.54) is 23.5 Å². The van der Waals surface area contributed by atoms with Crippen molar-refractivity contribution in [2.45, 2.75) is 30.1 Å². The number of halogens is 1. The highest BCUT2D eigenvalue weighted by Gasteiger charge is 2.52. The number of amides is 1. The quantitative estimate of drug-likeness (QED) is 0.739. The zero-order chi connectivity index (χ0) is 20.8. The van der Waals surface area contributed by atoms with E-state index in [9.17, 15) is 13.2 Å².